The first kappa shape index (κ1) is 14.6. The Morgan fingerprint density at radius 1 is 1.32 bits per heavy atom. The number of hydrogen-bond donors (Lipinski definition) is 0. The number of carbonyl (C=O) groups excluding carboxylic acids is 1. The summed E-state index contributed by atoms with van der Waals surface area (Å²) in [4.78, 5) is 15.8. The first-order valence-electron chi connectivity index (χ1n) is 6.81. The Kier molecular flexibility index (Phi) is 4.12. The third kappa shape index (κ3) is 2.70. The molecule has 0 saturated carbocycles. The van der Waals surface area contributed by atoms with Crippen LogP contribution in [0.1, 0.15) is 16.5 Å². The summed E-state index contributed by atoms with van der Waals surface area (Å²) in [7, 11) is 2.96. The highest BCUT2D eigenvalue weighted by atomic mass is 16.5. The lowest BCUT2D eigenvalue weighted by Gasteiger charge is -2.15. The highest BCUT2D eigenvalue weighted by molar-refractivity contribution is 5.87. The second-order valence-corrected chi connectivity index (χ2v) is 4.86. The minimum atomic E-state index is -0.488. The van der Waals surface area contributed by atoms with Gasteiger partial charge in [0, 0.05) is 7.11 Å². The van der Waals surface area contributed by atoms with Crippen LogP contribution in [0.3, 0.4) is 0 Å². The molecule has 8 nitrogen and oxygen atoms in total. The van der Waals surface area contributed by atoms with Crippen LogP contribution >= 0.6 is 0 Å². The monoisotopic (exact) mass is 304 g/mol. The number of rotatable bonds is 4. The minimum Gasteiger partial charge on any atom is -0.464 e. The van der Waals surface area contributed by atoms with Gasteiger partial charge in [-0.15, -0.1) is 5.10 Å². The number of hydrogen-bond acceptors (Lipinski definition) is 7. The van der Waals surface area contributed by atoms with E-state index in [-0.39, 0.29) is 17.8 Å². The van der Waals surface area contributed by atoms with Gasteiger partial charge in [-0.05, 0) is 12.1 Å². The van der Waals surface area contributed by atoms with Crippen molar-refractivity contribution in [3.8, 4) is 11.4 Å². The molecule has 1 aliphatic heterocycles. The summed E-state index contributed by atoms with van der Waals surface area (Å²) in [6.07, 6.45) is 1.72. The van der Waals surface area contributed by atoms with Gasteiger partial charge in [-0.25, -0.2) is 14.5 Å². The Morgan fingerprint density at radius 2 is 2.18 bits per heavy atom. The third-order valence-corrected chi connectivity index (χ3v) is 3.56. The van der Waals surface area contributed by atoms with Crippen LogP contribution in [-0.4, -0.2) is 59.5 Å². The van der Waals surface area contributed by atoms with E-state index >= 15 is 0 Å². The van der Waals surface area contributed by atoms with Gasteiger partial charge in [-0.2, -0.15) is 0 Å². The van der Waals surface area contributed by atoms with Gasteiger partial charge in [0.05, 0.1) is 32.2 Å². The molecule has 0 aromatic carbocycles. The van der Waals surface area contributed by atoms with Crippen molar-refractivity contribution in [3.05, 3.63) is 30.1 Å². The Balaban J connectivity index is 1.86. The molecule has 0 aliphatic carbocycles. The molecular formula is C14H16N4O4. The van der Waals surface area contributed by atoms with Crippen LogP contribution < -0.4 is 0 Å². The van der Waals surface area contributed by atoms with E-state index in [1.54, 1.807) is 36.2 Å². The Bertz CT molecular complexity index is 672. The fourth-order valence-electron chi connectivity index (χ4n) is 2.35. The van der Waals surface area contributed by atoms with E-state index < -0.39 is 5.97 Å². The second-order valence-electron chi connectivity index (χ2n) is 4.86. The molecule has 2 aromatic heterocycles. The van der Waals surface area contributed by atoms with Crippen molar-refractivity contribution in [2.75, 3.05) is 27.4 Å². The Morgan fingerprint density at radius 3 is 2.95 bits per heavy atom. The zero-order valence-electron chi connectivity index (χ0n) is 12.3. The van der Waals surface area contributed by atoms with Crippen molar-refractivity contribution >= 4 is 5.97 Å². The van der Waals surface area contributed by atoms with E-state index in [9.17, 15) is 4.79 Å². The van der Waals surface area contributed by atoms with Crippen LogP contribution in [0.5, 0.6) is 0 Å². The molecule has 2 aromatic rings. The first-order chi connectivity index (χ1) is 10.7. The molecule has 0 N–H and O–H groups in total. The molecule has 8 heteroatoms. The van der Waals surface area contributed by atoms with E-state index in [2.05, 4.69) is 20.0 Å². The normalized spacial score (nSPS) is 21.0. The number of methoxy groups -OCH3 is 2. The summed E-state index contributed by atoms with van der Waals surface area (Å²) >= 11 is 0. The molecule has 3 heterocycles. The largest absolute Gasteiger partial charge is 0.464 e. The molecule has 116 valence electrons. The molecular weight excluding hydrogens is 288 g/mol. The van der Waals surface area contributed by atoms with Crippen molar-refractivity contribution in [1.29, 1.82) is 0 Å². The third-order valence-electron chi connectivity index (χ3n) is 3.56. The minimum absolute atomic E-state index is 0.0185. The van der Waals surface area contributed by atoms with Crippen molar-refractivity contribution in [1.82, 2.24) is 20.0 Å². The summed E-state index contributed by atoms with van der Waals surface area (Å²) in [6.45, 7) is 1.06. The maximum Gasteiger partial charge on any atom is 0.356 e. The lowest BCUT2D eigenvalue weighted by Crippen LogP contribution is -2.24. The number of nitrogens with zero attached hydrogens (tertiary/aromatic N) is 4. The highest BCUT2D eigenvalue weighted by Crippen LogP contribution is 2.23. The molecule has 1 fully saturated rings. The highest BCUT2D eigenvalue weighted by Gasteiger charge is 2.30. The van der Waals surface area contributed by atoms with Crippen molar-refractivity contribution in [2.24, 2.45) is 0 Å². The first-order valence-corrected chi connectivity index (χ1v) is 6.81. The predicted molar refractivity (Wildman–Crippen MR) is 75.2 cm³/mol. The van der Waals surface area contributed by atoms with E-state index in [1.165, 1.54) is 7.11 Å². The molecule has 3 rings (SSSR count). The van der Waals surface area contributed by atoms with Crippen LogP contribution in [-0.2, 0) is 14.2 Å². The number of ether oxygens (including phenoxy) is 3. The molecule has 1 saturated heterocycles. The molecule has 1 aliphatic rings. The fourth-order valence-corrected chi connectivity index (χ4v) is 2.35. The Labute approximate surface area is 127 Å². The topological polar surface area (TPSA) is 88.4 Å². The standard InChI is InChI=1S/C14H16N4O4/c1-20-13-8-22-7-12(13)18-6-11(16-17-18)9-4-3-5-10(15-9)14(19)21-2/h3-6,12-13H,7-8H2,1-2H3/t12-,13-/m1/s1. The van der Waals surface area contributed by atoms with Crippen molar-refractivity contribution in [2.45, 2.75) is 12.1 Å². The van der Waals surface area contributed by atoms with Gasteiger partial charge in [-0.3, -0.25) is 0 Å². The number of pyridine rings is 1. The van der Waals surface area contributed by atoms with Crippen LogP contribution in [0.2, 0.25) is 0 Å². The van der Waals surface area contributed by atoms with E-state index in [0.717, 1.165) is 0 Å². The van der Waals surface area contributed by atoms with Gasteiger partial charge in [0.1, 0.15) is 23.5 Å². The maximum absolute atomic E-state index is 11.5. The molecule has 22 heavy (non-hydrogen) atoms. The summed E-state index contributed by atoms with van der Waals surface area (Å²) in [5.74, 6) is -0.488. The fraction of sp³-hybridized carbons (Fsp3) is 0.429. The van der Waals surface area contributed by atoms with Crippen molar-refractivity contribution < 1.29 is 19.0 Å². The SMILES string of the molecule is COC(=O)c1cccc(-c2cn([C@@H]3COC[C@H]3OC)nn2)n1. The summed E-state index contributed by atoms with van der Waals surface area (Å²) < 4.78 is 17.2. The van der Waals surface area contributed by atoms with Gasteiger partial charge in [0.25, 0.3) is 0 Å². The predicted octanol–water partition coefficient (Wildman–Crippen LogP) is 0.713. The molecule has 0 amide bonds. The van der Waals surface area contributed by atoms with Gasteiger partial charge >= 0.3 is 5.97 Å². The molecule has 0 spiro atoms. The lowest BCUT2D eigenvalue weighted by atomic mass is 10.2. The van der Waals surface area contributed by atoms with E-state index in [4.69, 9.17) is 9.47 Å². The van der Waals surface area contributed by atoms with Crippen LogP contribution in [0, 0.1) is 0 Å². The van der Waals surface area contributed by atoms with Crippen LogP contribution in [0.25, 0.3) is 11.4 Å². The van der Waals surface area contributed by atoms with Gasteiger partial charge in [0.15, 0.2) is 0 Å². The summed E-state index contributed by atoms with van der Waals surface area (Å²) in [5.41, 5.74) is 1.36. The Hall–Kier alpha value is -2.32. The molecule has 0 unspecified atom stereocenters. The lowest BCUT2D eigenvalue weighted by molar-refractivity contribution is 0.0594. The van der Waals surface area contributed by atoms with Crippen molar-refractivity contribution in [3.63, 3.8) is 0 Å². The van der Waals surface area contributed by atoms with E-state index in [0.29, 0.717) is 24.6 Å². The van der Waals surface area contributed by atoms with Gasteiger partial charge < -0.3 is 14.2 Å². The number of aromatic nitrogens is 4. The zero-order chi connectivity index (χ0) is 15.5. The van der Waals surface area contributed by atoms with Gasteiger partial charge in [0.2, 0.25) is 0 Å². The molecule has 0 bridgehead atoms. The summed E-state index contributed by atoms with van der Waals surface area (Å²) in [6, 6.07) is 5.06. The van der Waals surface area contributed by atoms with Crippen LogP contribution in [0.4, 0.5) is 0 Å². The average Bonchev–Trinajstić information content (AvgIpc) is 3.22. The quantitative estimate of drug-likeness (QED) is 0.769. The average molecular weight is 304 g/mol. The maximum atomic E-state index is 11.5. The molecule has 2 atom stereocenters. The molecule has 0 radical (unpaired) electrons. The summed E-state index contributed by atoms with van der Waals surface area (Å²) in [5, 5.41) is 8.23. The zero-order valence-corrected chi connectivity index (χ0v) is 12.3. The smallest absolute Gasteiger partial charge is 0.356 e. The number of carbonyl (C=O) groups is 1. The number of esters is 1. The van der Waals surface area contributed by atoms with E-state index in [1.807, 2.05) is 0 Å². The second kappa shape index (κ2) is 6.20. The van der Waals surface area contributed by atoms with Gasteiger partial charge in [-0.1, -0.05) is 11.3 Å². The van der Waals surface area contributed by atoms with Crippen LogP contribution in [0.15, 0.2) is 24.4 Å².